The lowest BCUT2D eigenvalue weighted by Crippen LogP contribution is -2.20. The summed E-state index contributed by atoms with van der Waals surface area (Å²) in [5, 5.41) is 12.2. The number of rotatable bonds is 7. The van der Waals surface area contributed by atoms with Crippen molar-refractivity contribution in [1.29, 1.82) is 0 Å². The minimum atomic E-state index is -4.63. The standard InChI is InChI=1S/C21H19F4N3O4/c22-13-7-14(11-3-5-31-6-4-11)18(32-10-21(23,24)25)15(8-13)28-19-17(20(29)30)27-16(9-26-19)12-1-2-12/h3,7-9,12H,1-2,4-6,10H2,(H,26,28)(H,29,30). The summed E-state index contributed by atoms with van der Waals surface area (Å²) in [6, 6.07) is 2.01. The molecule has 0 bridgehead atoms. The number of nitrogens with one attached hydrogen (secondary N) is 1. The molecule has 2 aromatic rings. The Kier molecular flexibility index (Phi) is 6.00. The number of ether oxygens (including phenoxy) is 2. The van der Waals surface area contributed by atoms with Crippen molar-refractivity contribution in [3.8, 4) is 5.75 Å². The van der Waals surface area contributed by atoms with Crippen molar-refractivity contribution in [2.45, 2.75) is 31.4 Å². The molecule has 11 heteroatoms. The highest BCUT2D eigenvalue weighted by Gasteiger charge is 2.31. The van der Waals surface area contributed by atoms with Crippen molar-refractivity contribution >= 4 is 23.0 Å². The fourth-order valence-electron chi connectivity index (χ4n) is 3.35. The summed E-state index contributed by atoms with van der Waals surface area (Å²) in [7, 11) is 0. The van der Waals surface area contributed by atoms with E-state index in [4.69, 9.17) is 9.47 Å². The van der Waals surface area contributed by atoms with Gasteiger partial charge >= 0.3 is 12.1 Å². The van der Waals surface area contributed by atoms with E-state index in [-0.39, 0.29) is 35.3 Å². The van der Waals surface area contributed by atoms with Crippen LogP contribution in [0.5, 0.6) is 5.75 Å². The van der Waals surface area contributed by atoms with Crippen molar-refractivity contribution in [1.82, 2.24) is 9.97 Å². The molecule has 1 aromatic carbocycles. The third-order valence-corrected chi connectivity index (χ3v) is 4.99. The van der Waals surface area contributed by atoms with Gasteiger partial charge in [-0.25, -0.2) is 19.2 Å². The molecule has 1 aliphatic heterocycles. The fraction of sp³-hybridized carbons (Fsp3) is 0.381. The van der Waals surface area contributed by atoms with E-state index in [0.29, 0.717) is 24.3 Å². The highest BCUT2D eigenvalue weighted by atomic mass is 19.4. The number of carboxylic acids is 1. The number of alkyl halides is 3. The van der Waals surface area contributed by atoms with Crippen LogP contribution in [0.3, 0.4) is 0 Å². The van der Waals surface area contributed by atoms with Gasteiger partial charge in [0.2, 0.25) is 0 Å². The molecule has 170 valence electrons. The Morgan fingerprint density at radius 3 is 2.72 bits per heavy atom. The third kappa shape index (κ3) is 5.16. The van der Waals surface area contributed by atoms with Crippen LogP contribution < -0.4 is 10.1 Å². The molecular weight excluding hydrogens is 434 g/mol. The average molecular weight is 453 g/mol. The van der Waals surface area contributed by atoms with Crippen LogP contribution in [-0.2, 0) is 4.74 Å². The Balaban J connectivity index is 1.76. The SMILES string of the molecule is O=C(O)c1nc(C2CC2)cnc1Nc1cc(F)cc(C2=CCOCC2)c1OCC(F)(F)F. The summed E-state index contributed by atoms with van der Waals surface area (Å²) < 4.78 is 63.4. The van der Waals surface area contributed by atoms with E-state index in [1.54, 1.807) is 6.08 Å². The second kappa shape index (κ2) is 8.73. The molecule has 1 fully saturated rings. The molecule has 2 aliphatic rings. The predicted octanol–water partition coefficient (Wildman–Crippen LogP) is 4.68. The van der Waals surface area contributed by atoms with Crippen molar-refractivity contribution in [3.63, 3.8) is 0 Å². The van der Waals surface area contributed by atoms with Gasteiger partial charge in [0.1, 0.15) is 5.82 Å². The summed E-state index contributed by atoms with van der Waals surface area (Å²) in [5.41, 5.74) is 0.609. The maximum absolute atomic E-state index is 14.4. The lowest BCUT2D eigenvalue weighted by molar-refractivity contribution is -0.153. The molecule has 0 unspecified atom stereocenters. The van der Waals surface area contributed by atoms with Crippen LogP contribution in [0.15, 0.2) is 24.4 Å². The number of carbonyl (C=O) groups is 1. The zero-order valence-corrected chi connectivity index (χ0v) is 16.7. The molecule has 1 saturated carbocycles. The van der Waals surface area contributed by atoms with Crippen LogP contribution in [0.2, 0.25) is 0 Å². The Hall–Kier alpha value is -3.21. The molecule has 2 N–H and O–H groups in total. The molecule has 0 atom stereocenters. The number of hydrogen-bond acceptors (Lipinski definition) is 6. The Morgan fingerprint density at radius 1 is 1.31 bits per heavy atom. The quantitative estimate of drug-likeness (QED) is 0.588. The average Bonchev–Trinajstić information content (AvgIpc) is 3.58. The number of anilines is 2. The third-order valence-electron chi connectivity index (χ3n) is 4.99. The Bertz CT molecular complexity index is 1070. The van der Waals surface area contributed by atoms with E-state index in [9.17, 15) is 27.5 Å². The molecule has 4 rings (SSSR count). The molecule has 0 saturated heterocycles. The molecule has 32 heavy (non-hydrogen) atoms. The van der Waals surface area contributed by atoms with Gasteiger partial charge in [-0.15, -0.1) is 0 Å². The number of aromatic carboxylic acids is 1. The van der Waals surface area contributed by atoms with Crippen LogP contribution in [-0.4, -0.2) is 47.0 Å². The highest BCUT2D eigenvalue weighted by Crippen LogP contribution is 2.41. The maximum Gasteiger partial charge on any atom is 0.422 e. The zero-order valence-electron chi connectivity index (χ0n) is 16.7. The summed E-state index contributed by atoms with van der Waals surface area (Å²) >= 11 is 0. The Labute approximate surface area is 180 Å². The topological polar surface area (TPSA) is 93.6 Å². The van der Waals surface area contributed by atoms with E-state index in [1.165, 1.54) is 6.20 Å². The van der Waals surface area contributed by atoms with Crippen molar-refractivity contribution in [2.24, 2.45) is 0 Å². The molecule has 1 aromatic heterocycles. The van der Waals surface area contributed by atoms with Gasteiger partial charge < -0.3 is 19.9 Å². The van der Waals surface area contributed by atoms with Crippen molar-refractivity contribution in [2.75, 3.05) is 25.1 Å². The molecular formula is C21H19F4N3O4. The number of benzene rings is 1. The van der Waals surface area contributed by atoms with E-state index in [0.717, 1.165) is 25.0 Å². The summed E-state index contributed by atoms with van der Waals surface area (Å²) in [6.07, 6.45) is 0.510. The van der Waals surface area contributed by atoms with Gasteiger partial charge in [0.15, 0.2) is 23.9 Å². The van der Waals surface area contributed by atoms with Gasteiger partial charge in [0.25, 0.3) is 0 Å². The molecule has 0 spiro atoms. The lowest BCUT2D eigenvalue weighted by atomic mass is 9.99. The smallest absolute Gasteiger partial charge is 0.422 e. The van der Waals surface area contributed by atoms with E-state index >= 15 is 0 Å². The number of hydrogen-bond donors (Lipinski definition) is 2. The monoisotopic (exact) mass is 453 g/mol. The first-order valence-electron chi connectivity index (χ1n) is 9.89. The van der Waals surface area contributed by atoms with Gasteiger partial charge in [0, 0.05) is 17.5 Å². The highest BCUT2D eigenvalue weighted by molar-refractivity contribution is 5.92. The largest absolute Gasteiger partial charge is 0.481 e. The van der Waals surface area contributed by atoms with E-state index in [2.05, 4.69) is 15.3 Å². The lowest BCUT2D eigenvalue weighted by Gasteiger charge is -2.21. The van der Waals surface area contributed by atoms with Gasteiger partial charge in [-0.1, -0.05) is 6.08 Å². The Morgan fingerprint density at radius 2 is 2.09 bits per heavy atom. The zero-order chi connectivity index (χ0) is 22.9. The number of nitrogens with zero attached hydrogens (tertiary/aromatic N) is 2. The van der Waals surface area contributed by atoms with Crippen LogP contribution in [0.1, 0.15) is 46.9 Å². The number of aromatic nitrogens is 2. The second-order valence-electron chi connectivity index (χ2n) is 7.48. The molecule has 0 amide bonds. The summed E-state index contributed by atoms with van der Waals surface area (Å²) in [4.78, 5) is 19.9. The van der Waals surface area contributed by atoms with Gasteiger partial charge in [0.05, 0.1) is 30.8 Å². The second-order valence-corrected chi connectivity index (χ2v) is 7.48. The van der Waals surface area contributed by atoms with Gasteiger partial charge in [-0.05, 0) is 30.9 Å². The molecule has 1 aliphatic carbocycles. The first-order valence-corrected chi connectivity index (χ1v) is 9.89. The van der Waals surface area contributed by atoms with Crippen LogP contribution in [0.4, 0.5) is 29.1 Å². The number of halogens is 4. The fourth-order valence-corrected chi connectivity index (χ4v) is 3.35. The van der Waals surface area contributed by atoms with E-state index in [1.807, 2.05) is 0 Å². The van der Waals surface area contributed by atoms with Crippen molar-refractivity contribution in [3.05, 3.63) is 47.2 Å². The van der Waals surface area contributed by atoms with Gasteiger partial charge in [-0.2, -0.15) is 13.2 Å². The molecule has 7 nitrogen and oxygen atoms in total. The van der Waals surface area contributed by atoms with Gasteiger partial charge in [-0.3, -0.25) is 0 Å². The molecule has 0 radical (unpaired) electrons. The van der Waals surface area contributed by atoms with E-state index < -0.39 is 30.3 Å². The van der Waals surface area contributed by atoms with Crippen LogP contribution >= 0.6 is 0 Å². The summed E-state index contributed by atoms with van der Waals surface area (Å²) in [5.74, 6) is -2.46. The maximum atomic E-state index is 14.4. The van der Waals surface area contributed by atoms with Crippen molar-refractivity contribution < 1.29 is 36.9 Å². The normalized spacial score (nSPS) is 16.4. The molecule has 2 heterocycles. The summed E-state index contributed by atoms with van der Waals surface area (Å²) in [6.45, 7) is -1.06. The number of carboxylic acid groups (broad SMARTS) is 1. The van der Waals surface area contributed by atoms with Crippen LogP contribution in [0.25, 0.3) is 5.57 Å². The first-order chi connectivity index (χ1) is 15.2. The predicted molar refractivity (Wildman–Crippen MR) is 106 cm³/mol. The minimum absolute atomic E-state index is 0.125. The van der Waals surface area contributed by atoms with Crippen LogP contribution in [0, 0.1) is 5.82 Å². The first kappa shape index (κ1) is 22.0. The minimum Gasteiger partial charge on any atom is -0.481 e.